The van der Waals surface area contributed by atoms with Gasteiger partial charge in [-0.25, -0.2) is 9.48 Å². The third-order valence-corrected chi connectivity index (χ3v) is 2.06. The van der Waals surface area contributed by atoms with Gasteiger partial charge in [-0.05, 0) is 6.92 Å². The Morgan fingerprint density at radius 3 is 2.50 bits per heavy atom. The summed E-state index contributed by atoms with van der Waals surface area (Å²) in [6.07, 6.45) is -0.0538. The van der Waals surface area contributed by atoms with Crippen molar-refractivity contribution >= 4 is 11.9 Å². The summed E-state index contributed by atoms with van der Waals surface area (Å²) in [5.74, 6) is -1.07. The van der Waals surface area contributed by atoms with Gasteiger partial charge in [-0.1, -0.05) is 5.21 Å². The number of aryl methyl sites for hydroxylation is 1. The second-order valence-corrected chi connectivity index (χ2v) is 2.94. The predicted octanol–water partition coefficient (Wildman–Crippen LogP) is -0.200. The highest BCUT2D eigenvalue weighted by Crippen LogP contribution is 2.08. The Hall–Kier alpha value is -1.92. The molecule has 0 aliphatic carbocycles. The summed E-state index contributed by atoms with van der Waals surface area (Å²) in [4.78, 5) is 22.5. The van der Waals surface area contributed by atoms with Gasteiger partial charge in [-0.15, -0.1) is 5.10 Å². The lowest BCUT2D eigenvalue weighted by molar-refractivity contribution is -0.139. The van der Waals surface area contributed by atoms with E-state index in [1.54, 1.807) is 0 Å². The molecule has 0 bridgehead atoms. The smallest absolute Gasteiger partial charge is 0.360 e. The normalized spacial score (nSPS) is 9.94. The van der Waals surface area contributed by atoms with Crippen LogP contribution in [0.1, 0.15) is 23.1 Å². The minimum atomic E-state index is -0.612. The number of rotatable bonds is 4. The maximum atomic E-state index is 11.3. The zero-order chi connectivity index (χ0) is 12.1. The first-order valence-electron chi connectivity index (χ1n) is 4.71. The van der Waals surface area contributed by atoms with Crippen LogP contribution in [0.5, 0.6) is 0 Å². The number of nitrogens with zero attached hydrogens (tertiary/aromatic N) is 3. The van der Waals surface area contributed by atoms with E-state index < -0.39 is 11.9 Å². The Morgan fingerprint density at radius 1 is 1.31 bits per heavy atom. The first-order chi connectivity index (χ1) is 7.63. The van der Waals surface area contributed by atoms with Crippen LogP contribution in [0.2, 0.25) is 0 Å². The van der Waals surface area contributed by atoms with Crippen LogP contribution in [0.25, 0.3) is 0 Å². The Kier molecular flexibility index (Phi) is 3.98. The SMILES string of the molecule is CCn1nnc(C(=O)OC)c1CC(=O)OC. The van der Waals surface area contributed by atoms with Crippen molar-refractivity contribution in [1.82, 2.24) is 15.0 Å². The first-order valence-corrected chi connectivity index (χ1v) is 4.71. The molecule has 1 heterocycles. The van der Waals surface area contributed by atoms with E-state index in [9.17, 15) is 9.59 Å². The minimum absolute atomic E-state index is 0.0507. The van der Waals surface area contributed by atoms with E-state index in [1.165, 1.54) is 18.9 Å². The van der Waals surface area contributed by atoms with Crippen LogP contribution >= 0.6 is 0 Å². The standard InChI is InChI=1S/C9H13N3O4/c1-4-12-6(5-7(13)15-2)8(10-11-12)9(14)16-3/h4-5H2,1-3H3. The maximum Gasteiger partial charge on any atom is 0.360 e. The molecule has 0 N–H and O–H groups in total. The molecule has 0 aliphatic rings. The van der Waals surface area contributed by atoms with Gasteiger partial charge in [-0.3, -0.25) is 4.79 Å². The van der Waals surface area contributed by atoms with Crippen molar-refractivity contribution in [3.05, 3.63) is 11.4 Å². The van der Waals surface area contributed by atoms with Gasteiger partial charge in [-0.2, -0.15) is 0 Å². The molecule has 7 nitrogen and oxygen atoms in total. The molecule has 1 aromatic heterocycles. The maximum absolute atomic E-state index is 11.3. The lowest BCUT2D eigenvalue weighted by atomic mass is 10.2. The van der Waals surface area contributed by atoms with Crippen molar-refractivity contribution in [2.45, 2.75) is 19.9 Å². The fraction of sp³-hybridized carbons (Fsp3) is 0.556. The van der Waals surface area contributed by atoms with Crippen molar-refractivity contribution in [1.29, 1.82) is 0 Å². The van der Waals surface area contributed by atoms with Crippen LogP contribution < -0.4 is 0 Å². The summed E-state index contributed by atoms with van der Waals surface area (Å²) in [5, 5.41) is 7.42. The number of esters is 2. The quantitative estimate of drug-likeness (QED) is 0.662. The Bertz CT molecular complexity index is 399. The molecule has 16 heavy (non-hydrogen) atoms. The second kappa shape index (κ2) is 5.24. The molecule has 0 saturated heterocycles. The predicted molar refractivity (Wildman–Crippen MR) is 52.8 cm³/mol. The van der Waals surface area contributed by atoms with E-state index in [-0.39, 0.29) is 12.1 Å². The van der Waals surface area contributed by atoms with Crippen molar-refractivity contribution in [3.63, 3.8) is 0 Å². The van der Waals surface area contributed by atoms with Gasteiger partial charge in [0.05, 0.1) is 26.3 Å². The molecule has 0 atom stereocenters. The van der Waals surface area contributed by atoms with Crippen LogP contribution in [0.4, 0.5) is 0 Å². The van der Waals surface area contributed by atoms with Crippen molar-refractivity contribution in [2.75, 3.05) is 14.2 Å². The van der Waals surface area contributed by atoms with Gasteiger partial charge < -0.3 is 9.47 Å². The Morgan fingerprint density at radius 2 is 2.00 bits per heavy atom. The minimum Gasteiger partial charge on any atom is -0.469 e. The summed E-state index contributed by atoms with van der Waals surface area (Å²) < 4.78 is 10.5. The Labute approximate surface area is 92.3 Å². The van der Waals surface area contributed by atoms with E-state index in [1.807, 2.05) is 6.92 Å². The first kappa shape index (κ1) is 12.2. The van der Waals surface area contributed by atoms with Crippen LogP contribution in [-0.4, -0.2) is 41.2 Å². The van der Waals surface area contributed by atoms with Gasteiger partial charge in [0.15, 0.2) is 5.69 Å². The van der Waals surface area contributed by atoms with E-state index in [0.29, 0.717) is 12.2 Å². The van der Waals surface area contributed by atoms with Gasteiger partial charge >= 0.3 is 11.9 Å². The van der Waals surface area contributed by atoms with Crippen LogP contribution in [0, 0.1) is 0 Å². The lowest BCUT2D eigenvalue weighted by Crippen LogP contribution is -2.14. The molecular weight excluding hydrogens is 214 g/mol. The molecule has 0 aromatic carbocycles. The monoisotopic (exact) mass is 227 g/mol. The molecule has 0 unspecified atom stereocenters. The molecule has 0 amide bonds. The fourth-order valence-electron chi connectivity index (χ4n) is 1.23. The average molecular weight is 227 g/mol. The number of hydrogen-bond acceptors (Lipinski definition) is 6. The highest BCUT2D eigenvalue weighted by molar-refractivity contribution is 5.89. The Balaban J connectivity index is 3.05. The van der Waals surface area contributed by atoms with Crippen molar-refractivity contribution in [2.24, 2.45) is 0 Å². The number of methoxy groups -OCH3 is 2. The third-order valence-electron chi connectivity index (χ3n) is 2.06. The fourth-order valence-corrected chi connectivity index (χ4v) is 1.23. The van der Waals surface area contributed by atoms with Crippen LogP contribution in [-0.2, 0) is 27.2 Å². The number of aromatic nitrogens is 3. The molecule has 0 saturated carbocycles. The summed E-state index contributed by atoms with van der Waals surface area (Å²) in [5.41, 5.74) is 0.455. The molecular formula is C9H13N3O4. The lowest BCUT2D eigenvalue weighted by Gasteiger charge is -2.03. The zero-order valence-corrected chi connectivity index (χ0v) is 9.39. The van der Waals surface area contributed by atoms with E-state index in [4.69, 9.17) is 0 Å². The van der Waals surface area contributed by atoms with Crippen LogP contribution in [0.3, 0.4) is 0 Å². The average Bonchev–Trinajstić information content (AvgIpc) is 2.70. The summed E-state index contributed by atoms with van der Waals surface area (Å²) in [6, 6.07) is 0. The summed E-state index contributed by atoms with van der Waals surface area (Å²) >= 11 is 0. The van der Waals surface area contributed by atoms with Crippen LogP contribution in [0.15, 0.2) is 0 Å². The molecule has 0 radical (unpaired) electrons. The largest absolute Gasteiger partial charge is 0.469 e. The van der Waals surface area contributed by atoms with E-state index in [0.717, 1.165) is 0 Å². The van der Waals surface area contributed by atoms with Gasteiger partial charge in [0.25, 0.3) is 0 Å². The number of ether oxygens (including phenoxy) is 2. The third kappa shape index (κ3) is 2.36. The number of carbonyl (C=O) groups excluding carboxylic acids is 2. The van der Waals surface area contributed by atoms with Gasteiger partial charge in [0, 0.05) is 6.54 Å². The topological polar surface area (TPSA) is 83.3 Å². The molecule has 0 aliphatic heterocycles. The molecule has 1 aromatic rings. The van der Waals surface area contributed by atoms with E-state index >= 15 is 0 Å². The molecule has 1 rings (SSSR count). The molecule has 0 fully saturated rings. The van der Waals surface area contributed by atoms with Crippen molar-refractivity contribution in [3.8, 4) is 0 Å². The molecule has 0 spiro atoms. The highest BCUT2D eigenvalue weighted by Gasteiger charge is 2.22. The summed E-state index contributed by atoms with van der Waals surface area (Å²) in [7, 11) is 2.52. The molecule has 88 valence electrons. The number of carbonyl (C=O) groups is 2. The van der Waals surface area contributed by atoms with Crippen molar-refractivity contribution < 1.29 is 19.1 Å². The second-order valence-electron chi connectivity index (χ2n) is 2.94. The van der Waals surface area contributed by atoms with Gasteiger partial charge in [0.1, 0.15) is 0 Å². The van der Waals surface area contributed by atoms with E-state index in [2.05, 4.69) is 19.8 Å². The zero-order valence-electron chi connectivity index (χ0n) is 9.39. The number of hydrogen-bond donors (Lipinski definition) is 0. The summed E-state index contributed by atoms with van der Waals surface area (Å²) in [6.45, 7) is 2.34. The molecule has 7 heteroatoms. The van der Waals surface area contributed by atoms with Gasteiger partial charge in [0.2, 0.25) is 0 Å². The highest BCUT2D eigenvalue weighted by atomic mass is 16.5.